The molecule has 0 amide bonds. The second-order valence-corrected chi connectivity index (χ2v) is 3.18. The molecule has 1 N–H and O–H groups in total. The molecule has 13 heavy (non-hydrogen) atoms. The minimum atomic E-state index is 0.334. The first-order valence-corrected chi connectivity index (χ1v) is 4.52. The molecule has 0 heterocycles. The van der Waals surface area contributed by atoms with Gasteiger partial charge in [-0.05, 0) is 34.9 Å². The Morgan fingerprint density at radius 3 is 2.77 bits per heavy atom. The van der Waals surface area contributed by atoms with Crippen LogP contribution in [-0.4, -0.2) is 5.11 Å². The smallest absolute Gasteiger partial charge is 0.116 e. The number of benzene rings is 2. The third kappa shape index (κ3) is 1.37. The van der Waals surface area contributed by atoms with E-state index >= 15 is 0 Å². The van der Waals surface area contributed by atoms with Crippen LogP contribution in [0.3, 0.4) is 0 Å². The standard InChI is InChI=1S/C12H12O/c1-2-9-4-3-5-10-8-11(13)6-7-12(9)10/h3-8,13H,2H2,1H3. The molecule has 0 aliphatic heterocycles. The lowest BCUT2D eigenvalue weighted by atomic mass is 10.0. The van der Waals surface area contributed by atoms with Gasteiger partial charge in [0.15, 0.2) is 0 Å². The van der Waals surface area contributed by atoms with E-state index in [1.54, 1.807) is 12.1 Å². The number of rotatable bonds is 1. The summed E-state index contributed by atoms with van der Waals surface area (Å²) in [6.07, 6.45) is 1.03. The Morgan fingerprint density at radius 1 is 1.15 bits per heavy atom. The number of aromatic hydroxyl groups is 1. The average molecular weight is 172 g/mol. The van der Waals surface area contributed by atoms with Crippen LogP contribution in [0.15, 0.2) is 36.4 Å². The van der Waals surface area contributed by atoms with E-state index in [4.69, 9.17) is 0 Å². The van der Waals surface area contributed by atoms with Gasteiger partial charge in [-0.25, -0.2) is 0 Å². The number of fused-ring (bicyclic) bond motifs is 1. The Bertz CT molecular complexity index is 432. The third-order valence-corrected chi connectivity index (χ3v) is 2.34. The van der Waals surface area contributed by atoms with Crippen molar-refractivity contribution >= 4 is 10.8 Å². The zero-order valence-corrected chi connectivity index (χ0v) is 7.62. The van der Waals surface area contributed by atoms with Crippen LogP contribution in [0.5, 0.6) is 5.75 Å². The lowest BCUT2D eigenvalue weighted by molar-refractivity contribution is 0.476. The maximum absolute atomic E-state index is 9.29. The molecule has 0 aromatic heterocycles. The van der Waals surface area contributed by atoms with E-state index < -0.39 is 0 Å². The van der Waals surface area contributed by atoms with E-state index in [1.807, 2.05) is 18.2 Å². The van der Waals surface area contributed by atoms with Gasteiger partial charge in [0.2, 0.25) is 0 Å². The quantitative estimate of drug-likeness (QED) is 0.700. The highest BCUT2D eigenvalue weighted by Gasteiger charge is 1.98. The molecule has 0 bridgehead atoms. The lowest BCUT2D eigenvalue weighted by Crippen LogP contribution is -1.82. The fourth-order valence-electron chi connectivity index (χ4n) is 1.65. The van der Waals surface area contributed by atoms with Crippen LogP contribution in [0.2, 0.25) is 0 Å². The SMILES string of the molecule is CCc1cccc2cc(O)ccc12. The topological polar surface area (TPSA) is 20.2 Å². The number of hydrogen-bond acceptors (Lipinski definition) is 1. The molecular formula is C12H12O. The number of hydrogen-bond donors (Lipinski definition) is 1. The Balaban J connectivity index is 2.77. The molecular weight excluding hydrogens is 160 g/mol. The monoisotopic (exact) mass is 172 g/mol. The molecule has 0 fully saturated rings. The summed E-state index contributed by atoms with van der Waals surface area (Å²) >= 11 is 0. The molecule has 2 aromatic rings. The molecule has 1 nitrogen and oxygen atoms in total. The predicted octanol–water partition coefficient (Wildman–Crippen LogP) is 3.11. The number of phenolic OH excluding ortho intramolecular Hbond substituents is 1. The summed E-state index contributed by atoms with van der Waals surface area (Å²) < 4.78 is 0. The minimum absolute atomic E-state index is 0.334. The Labute approximate surface area is 77.6 Å². The van der Waals surface area contributed by atoms with E-state index in [2.05, 4.69) is 13.0 Å². The highest BCUT2D eigenvalue weighted by atomic mass is 16.3. The van der Waals surface area contributed by atoms with Crippen LogP contribution in [0, 0.1) is 0 Å². The summed E-state index contributed by atoms with van der Waals surface area (Å²) in [4.78, 5) is 0. The van der Waals surface area contributed by atoms with Crippen LogP contribution in [0.4, 0.5) is 0 Å². The van der Waals surface area contributed by atoms with Crippen molar-refractivity contribution in [1.82, 2.24) is 0 Å². The Morgan fingerprint density at radius 2 is 2.00 bits per heavy atom. The molecule has 0 saturated heterocycles. The van der Waals surface area contributed by atoms with E-state index in [1.165, 1.54) is 10.9 Å². The van der Waals surface area contributed by atoms with Crippen molar-refractivity contribution in [3.05, 3.63) is 42.0 Å². The van der Waals surface area contributed by atoms with Gasteiger partial charge in [-0.15, -0.1) is 0 Å². The molecule has 0 atom stereocenters. The maximum Gasteiger partial charge on any atom is 0.116 e. The zero-order chi connectivity index (χ0) is 9.26. The normalized spacial score (nSPS) is 10.5. The summed E-state index contributed by atoms with van der Waals surface area (Å²) in [7, 11) is 0. The van der Waals surface area contributed by atoms with Crippen LogP contribution in [0.1, 0.15) is 12.5 Å². The molecule has 0 saturated carbocycles. The largest absolute Gasteiger partial charge is 0.508 e. The summed E-state index contributed by atoms with van der Waals surface area (Å²) in [6.45, 7) is 2.14. The fraction of sp³-hybridized carbons (Fsp3) is 0.167. The van der Waals surface area contributed by atoms with Gasteiger partial charge in [0.1, 0.15) is 5.75 Å². The van der Waals surface area contributed by atoms with E-state index in [0.29, 0.717) is 5.75 Å². The predicted molar refractivity (Wildman–Crippen MR) is 55.0 cm³/mol. The van der Waals surface area contributed by atoms with Crippen molar-refractivity contribution in [2.75, 3.05) is 0 Å². The molecule has 0 aliphatic carbocycles. The van der Waals surface area contributed by atoms with Crippen LogP contribution in [0.25, 0.3) is 10.8 Å². The minimum Gasteiger partial charge on any atom is -0.508 e. The van der Waals surface area contributed by atoms with Gasteiger partial charge in [0.25, 0.3) is 0 Å². The van der Waals surface area contributed by atoms with Gasteiger partial charge in [-0.3, -0.25) is 0 Å². The maximum atomic E-state index is 9.29. The van der Waals surface area contributed by atoms with Gasteiger partial charge in [0, 0.05) is 0 Å². The van der Waals surface area contributed by atoms with Crippen LogP contribution < -0.4 is 0 Å². The van der Waals surface area contributed by atoms with Crippen molar-refractivity contribution in [2.45, 2.75) is 13.3 Å². The van der Waals surface area contributed by atoms with Gasteiger partial charge in [-0.1, -0.05) is 31.2 Å². The molecule has 0 radical (unpaired) electrons. The molecule has 1 heteroatoms. The van der Waals surface area contributed by atoms with E-state index in [9.17, 15) is 5.11 Å². The van der Waals surface area contributed by atoms with Crippen molar-refractivity contribution in [1.29, 1.82) is 0 Å². The molecule has 0 aliphatic rings. The van der Waals surface area contributed by atoms with Crippen molar-refractivity contribution in [3.8, 4) is 5.75 Å². The van der Waals surface area contributed by atoms with Gasteiger partial charge in [-0.2, -0.15) is 0 Å². The van der Waals surface area contributed by atoms with Gasteiger partial charge in [0.05, 0.1) is 0 Å². The first kappa shape index (κ1) is 8.11. The highest BCUT2D eigenvalue weighted by Crippen LogP contribution is 2.23. The third-order valence-electron chi connectivity index (χ3n) is 2.34. The Kier molecular flexibility index (Phi) is 1.93. The molecule has 2 aromatic carbocycles. The zero-order valence-electron chi connectivity index (χ0n) is 7.62. The molecule has 0 unspecified atom stereocenters. The van der Waals surface area contributed by atoms with Gasteiger partial charge < -0.3 is 5.11 Å². The summed E-state index contributed by atoms with van der Waals surface area (Å²) in [6, 6.07) is 11.7. The molecule has 66 valence electrons. The van der Waals surface area contributed by atoms with Crippen molar-refractivity contribution < 1.29 is 5.11 Å². The first-order valence-electron chi connectivity index (χ1n) is 4.52. The van der Waals surface area contributed by atoms with Crippen LogP contribution >= 0.6 is 0 Å². The highest BCUT2D eigenvalue weighted by molar-refractivity contribution is 5.86. The lowest BCUT2D eigenvalue weighted by Gasteiger charge is -2.03. The molecule has 2 rings (SSSR count). The van der Waals surface area contributed by atoms with Gasteiger partial charge >= 0.3 is 0 Å². The fourth-order valence-corrected chi connectivity index (χ4v) is 1.65. The number of aryl methyl sites for hydroxylation is 1. The number of phenols is 1. The van der Waals surface area contributed by atoms with E-state index in [-0.39, 0.29) is 0 Å². The van der Waals surface area contributed by atoms with Crippen molar-refractivity contribution in [2.24, 2.45) is 0 Å². The second kappa shape index (κ2) is 3.09. The van der Waals surface area contributed by atoms with E-state index in [0.717, 1.165) is 11.8 Å². The first-order chi connectivity index (χ1) is 6.31. The Hall–Kier alpha value is -1.50. The second-order valence-electron chi connectivity index (χ2n) is 3.18. The molecule has 0 spiro atoms. The van der Waals surface area contributed by atoms with Crippen LogP contribution in [-0.2, 0) is 6.42 Å². The summed E-state index contributed by atoms with van der Waals surface area (Å²) in [5, 5.41) is 11.6. The summed E-state index contributed by atoms with van der Waals surface area (Å²) in [5.41, 5.74) is 1.33. The summed E-state index contributed by atoms with van der Waals surface area (Å²) in [5.74, 6) is 0.334. The van der Waals surface area contributed by atoms with Crippen molar-refractivity contribution in [3.63, 3.8) is 0 Å². The average Bonchev–Trinajstić information content (AvgIpc) is 2.16.